The quantitative estimate of drug-likeness (QED) is 0.733. The van der Waals surface area contributed by atoms with E-state index in [0.717, 1.165) is 34.9 Å². The van der Waals surface area contributed by atoms with Crippen LogP contribution in [0.4, 0.5) is 4.79 Å². The highest BCUT2D eigenvalue weighted by Gasteiger charge is 2.52. The van der Waals surface area contributed by atoms with Gasteiger partial charge >= 0.3 is 6.03 Å². The molecule has 1 saturated carbocycles. The van der Waals surface area contributed by atoms with Gasteiger partial charge in [0.1, 0.15) is 24.0 Å². The number of benzene rings is 2. The number of nitrogens with zero attached hydrogens (tertiary/aromatic N) is 1. The topological polar surface area (TPSA) is 78.9 Å². The predicted octanol–water partition coefficient (Wildman–Crippen LogP) is 3.47. The van der Waals surface area contributed by atoms with E-state index in [2.05, 4.69) is 12.2 Å². The minimum absolute atomic E-state index is 0.00990. The van der Waals surface area contributed by atoms with Gasteiger partial charge in [0.05, 0.1) is 6.54 Å². The summed E-state index contributed by atoms with van der Waals surface area (Å²) in [6.07, 6.45) is 3.40. The van der Waals surface area contributed by atoms with Crippen LogP contribution < -0.4 is 10.1 Å². The van der Waals surface area contributed by atoms with E-state index < -0.39 is 17.7 Å². The number of imide groups is 1. The number of ether oxygens (including phenoxy) is 1. The van der Waals surface area contributed by atoms with E-state index in [1.165, 1.54) is 0 Å². The van der Waals surface area contributed by atoms with Crippen molar-refractivity contribution in [3.8, 4) is 5.75 Å². The highest BCUT2D eigenvalue weighted by molar-refractivity contribution is 6.07. The fourth-order valence-electron chi connectivity index (χ4n) is 4.53. The zero-order chi connectivity index (χ0) is 20.4. The number of rotatable bonds is 6. The predicted molar refractivity (Wildman–Crippen MR) is 111 cm³/mol. The Hall–Kier alpha value is -2.60. The Kier molecular flexibility index (Phi) is 5.46. The molecule has 2 aromatic carbocycles. The van der Waals surface area contributed by atoms with E-state index in [0.29, 0.717) is 24.5 Å². The minimum Gasteiger partial charge on any atom is -0.490 e. The molecule has 1 saturated heterocycles. The van der Waals surface area contributed by atoms with Crippen LogP contribution in [-0.4, -0.2) is 46.7 Å². The highest BCUT2D eigenvalue weighted by atomic mass is 16.5. The monoisotopic (exact) mass is 396 g/mol. The number of aliphatic hydroxyl groups is 1. The Bertz CT molecular complexity index is 899. The van der Waals surface area contributed by atoms with Gasteiger partial charge in [-0.1, -0.05) is 49.7 Å². The van der Waals surface area contributed by atoms with Crippen LogP contribution in [0.3, 0.4) is 0 Å². The Morgan fingerprint density at radius 3 is 2.66 bits per heavy atom. The smallest absolute Gasteiger partial charge is 0.325 e. The molecular weight excluding hydrogens is 368 g/mol. The first-order chi connectivity index (χ1) is 14.0. The van der Waals surface area contributed by atoms with Gasteiger partial charge in [0.2, 0.25) is 0 Å². The molecule has 29 heavy (non-hydrogen) atoms. The van der Waals surface area contributed by atoms with Crippen molar-refractivity contribution in [1.82, 2.24) is 10.2 Å². The van der Waals surface area contributed by atoms with Crippen LogP contribution in [-0.2, 0) is 4.79 Å². The van der Waals surface area contributed by atoms with Crippen molar-refractivity contribution in [2.45, 2.75) is 50.7 Å². The maximum atomic E-state index is 13.0. The third-order valence-electron chi connectivity index (χ3n) is 6.36. The molecular formula is C23H28N2O4. The number of carbonyl (C=O) groups excluding carboxylic acids is 2. The first-order valence-electron chi connectivity index (χ1n) is 10.4. The number of hydrogen-bond acceptors (Lipinski definition) is 4. The average molecular weight is 396 g/mol. The number of β-amino-alcohol motifs (C(OH)–C–C–N with tert-alkyl or cyclic N) is 1. The molecule has 2 N–H and O–H groups in total. The fraction of sp³-hybridized carbons (Fsp3) is 0.478. The Morgan fingerprint density at radius 1 is 1.17 bits per heavy atom. The molecule has 2 aliphatic rings. The van der Waals surface area contributed by atoms with E-state index in [-0.39, 0.29) is 19.1 Å². The van der Waals surface area contributed by atoms with Gasteiger partial charge in [-0.25, -0.2) is 4.79 Å². The standard InChI is InChI=1S/C23H28N2O4/c1-2-16-10-12-23(13-11-16)21(27)25(22(28)24-23)14-18(26)15-29-20-9-5-7-17-6-3-4-8-19(17)20/h3-9,16,18,26H,2,10-15H2,1H3,(H,24,28). The zero-order valence-corrected chi connectivity index (χ0v) is 16.8. The second kappa shape index (κ2) is 8.03. The molecule has 1 heterocycles. The number of carbonyl (C=O) groups is 2. The van der Waals surface area contributed by atoms with Gasteiger partial charge in [0.25, 0.3) is 5.91 Å². The largest absolute Gasteiger partial charge is 0.490 e. The van der Waals surface area contributed by atoms with Crippen molar-refractivity contribution in [2.24, 2.45) is 5.92 Å². The van der Waals surface area contributed by atoms with Crippen molar-refractivity contribution in [2.75, 3.05) is 13.2 Å². The summed E-state index contributed by atoms with van der Waals surface area (Å²) in [4.78, 5) is 26.6. The number of hydrogen-bond donors (Lipinski definition) is 2. The van der Waals surface area contributed by atoms with Crippen LogP contribution in [0.25, 0.3) is 10.8 Å². The van der Waals surface area contributed by atoms with Crippen LogP contribution in [0, 0.1) is 5.92 Å². The van der Waals surface area contributed by atoms with Crippen LogP contribution in [0.2, 0.25) is 0 Å². The van der Waals surface area contributed by atoms with Crippen molar-refractivity contribution < 1.29 is 19.4 Å². The van der Waals surface area contributed by atoms with Gasteiger partial charge in [-0.05, 0) is 43.1 Å². The van der Waals surface area contributed by atoms with Crippen molar-refractivity contribution in [3.05, 3.63) is 42.5 Å². The maximum Gasteiger partial charge on any atom is 0.325 e. The fourth-order valence-corrected chi connectivity index (χ4v) is 4.53. The lowest BCUT2D eigenvalue weighted by molar-refractivity contribution is -0.133. The highest BCUT2D eigenvalue weighted by Crippen LogP contribution is 2.37. The summed E-state index contributed by atoms with van der Waals surface area (Å²) in [5.74, 6) is 1.09. The van der Waals surface area contributed by atoms with E-state index in [9.17, 15) is 14.7 Å². The van der Waals surface area contributed by atoms with E-state index in [4.69, 9.17) is 4.74 Å². The average Bonchev–Trinajstić information content (AvgIpc) is 2.97. The molecule has 6 nitrogen and oxygen atoms in total. The molecule has 6 heteroatoms. The van der Waals surface area contributed by atoms with Crippen molar-refractivity contribution in [3.63, 3.8) is 0 Å². The molecule has 0 aromatic heterocycles. The lowest BCUT2D eigenvalue weighted by atomic mass is 9.75. The summed E-state index contributed by atoms with van der Waals surface area (Å²) >= 11 is 0. The molecule has 1 aliphatic heterocycles. The third-order valence-corrected chi connectivity index (χ3v) is 6.36. The molecule has 1 atom stereocenters. The molecule has 1 spiro atoms. The second-order valence-corrected chi connectivity index (χ2v) is 8.22. The van der Waals surface area contributed by atoms with Gasteiger partial charge in [-0.3, -0.25) is 9.69 Å². The molecule has 154 valence electrons. The summed E-state index contributed by atoms with van der Waals surface area (Å²) in [5.41, 5.74) is -0.779. The van der Waals surface area contributed by atoms with Gasteiger partial charge in [0.15, 0.2) is 0 Å². The van der Waals surface area contributed by atoms with Gasteiger partial charge in [0, 0.05) is 5.39 Å². The molecule has 2 fully saturated rings. The molecule has 1 unspecified atom stereocenters. The Balaban J connectivity index is 1.37. The van der Waals surface area contributed by atoms with Crippen LogP contribution in [0.15, 0.2) is 42.5 Å². The second-order valence-electron chi connectivity index (χ2n) is 8.22. The normalized spacial score (nSPS) is 25.4. The van der Waals surface area contributed by atoms with E-state index in [1.54, 1.807) is 0 Å². The molecule has 0 bridgehead atoms. The van der Waals surface area contributed by atoms with Gasteiger partial charge in [-0.15, -0.1) is 0 Å². The Morgan fingerprint density at radius 2 is 1.90 bits per heavy atom. The first kappa shape index (κ1) is 19.7. The molecule has 1 aliphatic carbocycles. The van der Waals surface area contributed by atoms with Crippen molar-refractivity contribution >= 4 is 22.7 Å². The Labute approximate surface area is 170 Å². The third kappa shape index (κ3) is 3.81. The lowest BCUT2D eigenvalue weighted by Gasteiger charge is -2.34. The maximum absolute atomic E-state index is 13.0. The van der Waals surface area contributed by atoms with E-state index >= 15 is 0 Å². The lowest BCUT2D eigenvalue weighted by Crippen LogP contribution is -2.50. The van der Waals surface area contributed by atoms with Gasteiger partial charge in [-0.2, -0.15) is 0 Å². The summed E-state index contributed by atoms with van der Waals surface area (Å²) in [5, 5.41) is 15.4. The van der Waals surface area contributed by atoms with Gasteiger partial charge < -0.3 is 15.2 Å². The number of fused-ring (bicyclic) bond motifs is 1. The number of urea groups is 1. The number of amides is 3. The summed E-state index contributed by atoms with van der Waals surface area (Å²) in [6.45, 7) is 2.11. The summed E-state index contributed by atoms with van der Waals surface area (Å²) < 4.78 is 5.81. The van der Waals surface area contributed by atoms with Crippen LogP contribution in [0.5, 0.6) is 5.75 Å². The molecule has 0 radical (unpaired) electrons. The minimum atomic E-state index is -0.953. The summed E-state index contributed by atoms with van der Waals surface area (Å²) in [6, 6.07) is 13.2. The summed E-state index contributed by atoms with van der Waals surface area (Å²) in [7, 11) is 0. The van der Waals surface area contributed by atoms with E-state index in [1.807, 2.05) is 42.5 Å². The number of aliphatic hydroxyl groups excluding tert-OH is 1. The first-order valence-corrected chi connectivity index (χ1v) is 10.4. The molecule has 2 aromatic rings. The number of nitrogens with one attached hydrogen (secondary N) is 1. The molecule has 4 rings (SSSR count). The SMILES string of the molecule is CCC1CCC2(CC1)NC(=O)N(CC(O)COc1cccc3ccccc13)C2=O. The van der Waals surface area contributed by atoms with Crippen LogP contribution in [0.1, 0.15) is 39.0 Å². The van der Waals surface area contributed by atoms with Crippen molar-refractivity contribution in [1.29, 1.82) is 0 Å². The van der Waals surface area contributed by atoms with Crippen LogP contribution >= 0.6 is 0 Å². The zero-order valence-electron chi connectivity index (χ0n) is 16.8. The molecule has 3 amide bonds.